The number of rotatable bonds is 6. The van der Waals surface area contributed by atoms with E-state index in [0.717, 1.165) is 26.1 Å². The highest BCUT2D eigenvalue weighted by molar-refractivity contribution is 7.88. The first-order valence-electron chi connectivity index (χ1n) is 6.68. The Morgan fingerprint density at radius 3 is 2.32 bits per heavy atom. The van der Waals surface area contributed by atoms with E-state index >= 15 is 0 Å². The molecule has 0 radical (unpaired) electrons. The largest absolute Gasteiger partial charge is 0.313 e. The van der Waals surface area contributed by atoms with Crippen molar-refractivity contribution in [2.45, 2.75) is 31.7 Å². The molecule has 1 unspecified atom stereocenters. The molecule has 1 heterocycles. The lowest BCUT2D eigenvalue weighted by molar-refractivity contribution is 0.183. The molecule has 1 aliphatic rings. The Hall–Kier alpha value is -0.680. The summed E-state index contributed by atoms with van der Waals surface area (Å²) in [6, 6.07) is 2.16. The Morgan fingerprint density at radius 1 is 1.32 bits per heavy atom. The van der Waals surface area contributed by atoms with Crippen molar-refractivity contribution in [2.24, 2.45) is 5.73 Å². The Balaban J connectivity index is 2.30. The van der Waals surface area contributed by atoms with E-state index in [1.54, 1.807) is 0 Å². The standard InChI is InChI=1S/C12H24N4O2S/c1-3-12(14,11-13)5-4-6-15-7-9-16(10-8-15)19(2,17)18/h3-10,14H2,1-2H3. The van der Waals surface area contributed by atoms with Crippen molar-refractivity contribution < 1.29 is 8.42 Å². The van der Waals surface area contributed by atoms with E-state index in [-0.39, 0.29) is 0 Å². The summed E-state index contributed by atoms with van der Waals surface area (Å²) in [4.78, 5) is 2.23. The third kappa shape index (κ3) is 5.07. The van der Waals surface area contributed by atoms with Crippen LogP contribution in [-0.4, -0.2) is 62.1 Å². The average Bonchev–Trinajstić information content (AvgIpc) is 2.38. The number of nitriles is 1. The van der Waals surface area contributed by atoms with Gasteiger partial charge in [0, 0.05) is 26.2 Å². The van der Waals surface area contributed by atoms with Gasteiger partial charge in [-0.2, -0.15) is 9.57 Å². The summed E-state index contributed by atoms with van der Waals surface area (Å²) in [7, 11) is -3.06. The SMILES string of the molecule is CCC(N)(C#N)CCCN1CCN(S(C)(=O)=O)CC1. The molecule has 0 saturated carbocycles. The van der Waals surface area contributed by atoms with Crippen LogP contribution in [0.25, 0.3) is 0 Å². The molecule has 1 fully saturated rings. The minimum atomic E-state index is -3.06. The van der Waals surface area contributed by atoms with E-state index in [2.05, 4.69) is 11.0 Å². The Morgan fingerprint density at radius 2 is 1.89 bits per heavy atom. The summed E-state index contributed by atoms with van der Waals surface area (Å²) in [5, 5.41) is 8.98. The zero-order valence-corrected chi connectivity index (χ0v) is 12.6. The molecule has 0 amide bonds. The Bertz CT molecular complexity index is 424. The number of sulfonamides is 1. The predicted octanol–water partition coefficient (Wildman–Crippen LogP) is -0.0251. The van der Waals surface area contributed by atoms with Gasteiger partial charge in [0.25, 0.3) is 0 Å². The highest BCUT2D eigenvalue weighted by Crippen LogP contribution is 2.14. The van der Waals surface area contributed by atoms with E-state index < -0.39 is 15.6 Å². The lowest BCUT2D eigenvalue weighted by atomic mass is 9.93. The van der Waals surface area contributed by atoms with Crippen LogP contribution in [0.1, 0.15) is 26.2 Å². The molecule has 2 N–H and O–H groups in total. The minimum absolute atomic E-state index is 0.554. The maximum absolute atomic E-state index is 11.4. The Kier molecular flexibility index (Phi) is 5.74. The second-order valence-electron chi connectivity index (χ2n) is 5.23. The summed E-state index contributed by atoms with van der Waals surface area (Å²) in [5.41, 5.74) is 5.21. The zero-order chi connectivity index (χ0) is 14.5. The van der Waals surface area contributed by atoms with Gasteiger partial charge in [-0.25, -0.2) is 8.42 Å². The highest BCUT2D eigenvalue weighted by atomic mass is 32.2. The molecular formula is C12H24N4O2S. The number of piperazine rings is 1. The molecular weight excluding hydrogens is 264 g/mol. The lowest BCUT2D eigenvalue weighted by Crippen LogP contribution is -2.48. The Labute approximate surface area is 116 Å². The van der Waals surface area contributed by atoms with Crippen molar-refractivity contribution in [3.8, 4) is 6.07 Å². The van der Waals surface area contributed by atoms with Crippen molar-refractivity contribution in [3.63, 3.8) is 0 Å². The summed E-state index contributed by atoms with van der Waals surface area (Å²) in [5.74, 6) is 0. The van der Waals surface area contributed by atoms with E-state index in [1.807, 2.05) is 6.92 Å². The van der Waals surface area contributed by atoms with Gasteiger partial charge in [0.2, 0.25) is 10.0 Å². The van der Waals surface area contributed by atoms with Gasteiger partial charge < -0.3 is 10.6 Å². The molecule has 0 aromatic heterocycles. The molecule has 0 aromatic carbocycles. The maximum Gasteiger partial charge on any atom is 0.211 e. The van der Waals surface area contributed by atoms with Gasteiger partial charge in [-0.3, -0.25) is 0 Å². The van der Waals surface area contributed by atoms with Crippen LogP contribution in [0, 0.1) is 11.3 Å². The van der Waals surface area contributed by atoms with Gasteiger partial charge in [0.05, 0.1) is 12.3 Å². The molecule has 1 rings (SSSR count). The van der Waals surface area contributed by atoms with Crippen molar-refractivity contribution in [3.05, 3.63) is 0 Å². The predicted molar refractivity (Wildman–Crippen MR) is 74.9 cm³/mol. The van der Waals surface area contributed by atoms with E-state index in [4.69, 9.17) is 11.0 Å². The van der Waals surface area contributed by atoms with Gasteiger partial charge in [-0.15, -0.1) is 0 Å². The van der Waals surface area contributed by atoms with Gasteiger partial charge in [0.15, 0.2) is 0 Å². The van der Waals surface area contributed by atoms with Crippen molar-refractivity contribution in [2.75, 3.05) is 39.0 Å². The second kappa shape index (κ2) is 6.66. The fraction of sp³-hybridized carbons (Fsp3) is 0.917. The molecule has 6 nitrogen and oxygen atoms in total. The summed E-state index contributed by atoms with van der Waals surface area (Å²) >= 11 is 0. The van der Waals surface area contributed by atoms with Crippen molar-refractivity contribution in [1.82, 2.24) is 9.21 Å². The van der Waals surface area contributed by atoms with Crippen LogP contribution in [0.3, 0.4) is 0 Å². The zero-order valence-electron chi connectivity index (χ0n) is 11.8. The van der Waals surface area contributed by atoms with Crippen LogP contribution in [0.15, 0.2) is 0 Å². The first-order chi connectivity index (χ1) is 8.80. The minimum Gasteiger partial charge on any atom is -0.313 e. The molecule has 1 aliphatic heterocycles. The highest BCUT2D eigenvalue weighted by Gasteiger charge is 2.25. The van der Waals surface area contributed by atoms with Crippen LogP contribution in [-0.2, 0) is 10.0 Å². The van der Waals surface area contributed by atoms with Gasteiger partial charge in [-0.05, 0) is 25.8 Å². The molecule has 7 heteroatoms. The topological polar surface area (TPSA) is 90.4 Å². The summed E-state index contributed by atoms with van der Waals surface area (Å²) < 4.78 is 24.3. The quantitative estimate of drug-likeness (QED) is 0.741. The first kappa shape index (κ1) is 16.4. The van der Waals surface area contributed by atoms with Crippen molar-refractivity contribution in [1.29, 1.82) is 5.26 Å². The van der Waals surface area contributed by atoms with Gasteiger partial charge in [-0.1, -0.05) is 6.92 Å². The molecule has 19 heavy (non-hydrogen) atoms. The van der Waals surface area contributed by atoms with E-state index in [1.165, 1.54) is 10.6 Å². The number of hydrogen-bond acceptors (Lipinski definition) is 5. The third-order valence-electron chi connectivity index (χ3n) is 3.75. The molecule has 0 aromatic rings. The number of nitrogens with two attached hydrogens (primary N) is 1. The van der Waals surface area contributed by atoms with E-state index in [0.29, 0.717) is 25.9 Å². The van der Waals surface area contributed by atoms with E-state index in [9.17, 15) is 8.42 Å². The molecule has 1 atom stereocenters. The average molecular weight is 288 g/mol. The normalized spacial score (nSPS) is 21.8. The monoisotopic (exact) mass is 288 g/mol. The number of nitrogens with zero attached hydrogens (tertiary/aromatic N) is 3. The third-order valence-corrected chi connectivity index (χ3v) is 5.05. The fourth-order valence-electron chi connectivity index (χ4n) is 2.21. The van der Waals surface area contributed by atoms with Crippen LogP contribution in [0.2, 0.25) is 0 Å². The molecule has 1 saturated heterocycles. The summed E-state index contributed by atoms with van der Waals surface area (Å²) in [6.45, 7) is 5.41. The maximum atomic E-state index is 11.4. The smallest absolute Gasteiger partial charge is 0.211 e. The molecule has 0 aliphatic carbocycles. The van der Waals surface area contributed by atoms with Crippen LogP contribution in [0.4, 0.5) is 0 Å². The van der Waals surface area contributed by atoms with Crippen LogP contribution >= 0.6 is 0 Å². The molecule has 110 valence electrons. The van der Waals surface area contributed by atoms with Crippen molar-refractivity contribution >= 4 is 10.0 Å². The van der Waals surface area contributed by atoms with Crippen LogP contribution < -0.4 is 5.73 Å². The lowest BCUT2D eigenvalue weighted by Gasteiger charge is -2.33. The van der Waals surface area contributed by atoms with Crippen LogP contribution in [0.5, 0.6) is 0 Å². The van der Waals surface area contributed by atoms with Gasteiger partial charge >= 0.3 is 0 Å². The van der Waals surface area contributed by atoms with Gasteiger partial charge in [0.1, 0.15) is 5.54 Å². The second-order valence-corrected chi connectivity index (χ2v) is 7.21. The first-order valence-corrected chi connectivity index (χ1v) is 8.53. The molecule has 0 spiro atoms. The number of hydrogen-bond donors (Lipinski definition) is 1. The summed E-state index contributed by atoms with van der Waals surface area (Å²) in [6.07, 6.45) is 3.47. The fourth-order valence-corrected chi connectivity index (χ4v) is 3.04. The molecule has 0 bridgehead atoms.